The molecule has 6 nitrogen and oxygen atoms in total. The Labute approximate surface area is 119 Å². The van der Waals surface area contributed by atoms with Gasteiger partial charge < -0.3 is 9.88 Å². The third-order valence-electron chi connectivity index (χ3n) is 2.39. The van der Waals surface area contributed by atoms with Crippen molar-refractivity contribution in [2.75, 3.05) is 18.6 Å². The topological polar surface area (TPSA) is 85.2 Å². The van der Waals surface area contributed by atoms with Crippen LogP contribution in [0.5, 0.6) is 0 Å². The highest BCUT2D eigenvalue weighted by atomic mass is 35.7. The lowest BCUT2D eigenvalue weighted by atomic mass is 10.4. The quantitative estimate of drug-likeness (QED) is 0.607. The fraction of sp³-hybridized carbons (Fsp3) is 0.500. The van der Waals surface area contributed by atoms with Crippen molar-refractivity contribution in [2.45, 2.75) is 11.3 Å². The van der Waals surface area contributed by atoms with Crippen molar-refractivity contribution >= 4 is 36.4 Å². The molecule has 1 rings (SSSR count). The molecule has 1 aromatic heterocycles. The molecule has 0 aromatic carbocycles. The zero-order valence-corrected chi connectivity index (χ0v) is 12.9. The fourth-order valence-electron chi connectivity index (χ4n) is 1.46. The van der Waals surface area contributed by atoms with E-state index in [1.165, 1.54) is 16.8 Å². The third kappa shape index (κ3) is 4.96. The van der Waals surface area contributed by atoms with Crippen molar-refractivity contribution in [1.82, 2.24) is 9.88 Å². The van der Waals surface area contributed by atoms with E-state index in [4.69, 9.17) is 10.7 Å². The summed E-state index contributed by atoms with van der Waals surface area (Å²) in [5, 5.41) is 2.63. The van der Waals surface area contributed by atoms with Gasteiger partial charge in [0.2, 0.25) is 0 Å². The monoisotopic (exact) mass is 326 g/mol. The van der Waals surface area contributed by atoms with Crippen molar-refractivity contribution in [3.05, 3.63) is 18.0 Å². The highest BCUT2D eigenvalue weighted by molar-refractivity contribution is 8.13. The second-order valence-electron chi connectivity index (χ2n) is 4.00. The number of carbonyl (C=O) groups is 1. The van der Waals surface area contributed by atoms with E-state index in [-0.39, 0.29) is 10.6 Å². The largest absolute Gasteiger partial charge is 0.351 e. The molecule has 1 atom stereocenters. The molecule has 0 fully saturated rings. The van der Waals surface area contributed by atoms with Crippen LogP contribution in [-0.2, 0) is 26.9 Å². The number of rotatable bonds is 6. The number of hydrogen-bond donors (Lipinski definition) is 1. The molecule has 0 spiro atoms. The molecule has 1 N–H and O–H groups in total. The summed E-state index contributed by atoms with van der Waals surface area (Å²) >= 11 is 0. The molecule has 1 aromatic rings. The van der Waals surface area contributed by atoms with E-state index < -0.39 is 25.8 Å². The Kier molecular flexibility index (Phi) is 5.57. The SMILES string of the molecule is Cn1cc(S(=O)(=O)Cl)cc1C(=O)NCCCS(C)=O. The molecule has 0 aliphatic heterocycles. The van der Waals surface area contributed by atoms with E-state index >= 15 is 0 Å². The van der Waals surface area contributed by atoms with Gasteiger partial charge in [0.05, 0.1) is 0 Å². The van der Waals surface area contributed by atoms with Crippen LogP contribution in [0.3, 0.4) is 0 Å². The minimum absolute atomic E-state index is 0.114. The Hall–Kier alpha value is -0.860. The lowest BCUT2D eigenvalue weighted by Gasteiger charge is -2.04. The van der Waals surface area contributed by atoms with Gasteiger partial charge in [0.15, 0.2) is 0 Å². The summed E-state index contributed by atoms with van der Waals surface area (Å²) in [5.74, 6) is 0.116. The zero-order chi connectivity index (χ0) is 14.6. The van der Waals surface area contributed by atoms with Crippen molar-refractivity contribution in [2.24, 2.45) is 7.05 Å². The number of aromatic nitrogens is 1. The number of carbonyl (C=O) groups excluding carboxylic acids is 1. The van der Waals surface area contributed by atoms with Crippen LogP contribution in [0.4, 0.5) is 0 Å². The molecule has 19 heavy (non-hydrogen) atoms. The molecule has 9 heteroatoms. The minimum atomic E-state index is -3.84. The number of halogens is 1. The maximum absolute atomic E-state index is 11.8. The molecule has 108 valence electrons. The first-order valence-corrected chi connectivity index (χ1v) is 9.44. The first-order valence-electron chi connectivity index (χ1n) is 5.41. The van der Waals surface area contributed by atoms with Gasteiger partial charge in [0, 0.05) is 53.3 Å². The van der Waals surface area contributed by atoms with Gasteiger partial charge in [0.25, 0.3) is 15.0 Å². The maximum atomic E-state index is 11.8. The Bertz CT molecular complexity index is 595. The van der Waals surface area contributed by atoms with Crippen LogP contribution in [-0.4, -0.2) is 41.7 Å². The fourth-order valence-corrected chi connectivity index (χ4v) is 2.80. The van der Waals surface area contributed by atoms with Gasteiger partial charge in [-0.2, -0.15) is 0 Å². The van der Waals surface area contributed by atoms with Crippen molar-refractivity contribution < 1.29 is 17.4 Å². The first-order chi connectivity index (χ1) is 8.71. The maximum Gasteiger partial charge on any atom is 0.267 e. The molecule has 0 aliphatic carbocycles. The molecule has 0 bridgehead atoms. The third-order valence-corrected chi connectivity index (χ3v) is 4.57. The summed E-state index contributed by atoms with van der Waals surface area (Å²) in [6, 6.07) is 1.22. The lowest BCUT2D eigenvalue weighted by molar-refractivity contribution is 0.0945. The van der Waals surface area contributed by atoms with Crippen LogP contribution >= 0.6 is 10.7 Å². The minimum Gasteiger partial charge on any atom is -0.351 e. The van der Waals surface area contributed by atoms with Crippen LogP contribution in [0.1, 0.15) is 16.9 Å². The number of nitrogens with one attached hydrogen (secondary N) is 1. The van der Waals surface area contributed by atoms with Gasteiger partial charge >= 0.3 is 0 Å². The standard InChI is InChI=1S/C10H15ClN2O4S2/c1-13-7-8(19(11,16)17)6-9(13)10(14)12-4-3-5-18(2)15/h6-7H,3-5H2,1-2H3,(H,12,14). The molecule has 0 aliphatic rings. The number of aryl methyl sites for hydroxylation is 1. The van der Waals surface area contributed by atoms with E-state index in [1.807, 2.05) is 0 Å². The number of nitrogens with zero attached hydrogens (tertiary/aromatic N) is 1. The highest BCUT2D eigenvalue weighted by Gasteiger charge is 2.18. The highest BCUT2D eigenvalue weighted by Crippen LogP contribution is 2.17. The average Bonchev–Trinajstić information content (AvgIpc) is 2.66. The summed E-state index contributed by atoms with van der Waals surface area (Å²) in [6.45, 7) is 0.381. The average molecular weight is 327 g/mol. The molecular weight excluding hydrogens is 312 g/mol. The van der Waals surface area contributed by atoms with Gasteiger partial charge in [-0.25, -0.2) is 8.42 Å². The van der Waals surface area contributed by atoms with Gasteiger partial charge in [-0.3, -0.25) is 9.00 Å². The second-order valence-corrected chi connectivity index (χ2v) is 8.12. The Morgan fingerprint density at radius 3 is 2.63 bits per heavy atom. The summed E-state index contributed by atoms with van der Waals surface area (Å²) in [7, 11) is 2.03. The lowest BCUT2D eigenvalue weighted by Crippen LogP contribution is -2.27. The Morgan fingerprint density at radius 2 is 2.16 bits per heavy atom. The first kappa shape index (κ1) is 16.2. The van der Waals surface area contributed by atoms with E-state index in [0.717, 1.165) is 0 Å². The molecule has 0 saturated carbocycles. The zero-order valence-electron chi connectivity index (χ0n) is 10.6. The van der Waals surface area contributed by atoms with Crippen molar-refractivity contribution in [3.8, 4) is 0 Å². The summed E-state index contributed by atoms with van der Waals surface area (Å²) in [4.78, 5) is 11.7. The number of amides is 1. The second kappa shape index (κ2) is 6.53. The predicted octanol–water partition coefficient (Wildman–Crippen LogP) is 0.451. The van der Waals surface area contributed by atoms with Crippen LogP contribution in [0.15, 0.2) is 17.2 Å². The van der Waals surface area contributed by atoms with Crippen LogP contribution < -0.4 is 5.32 Å². The smallest absolute Gasteiger partial charge is 0.267 e. The van der Waals surface area contributed by atoms with Crippen LogP contribution in [0.2, 0.25) is 0 Å². The van der Waals surface area contributed by atoms with Gasteiger partial charge in [0.1, 0.15) is 10.6 Å². The van der Waals surface area contributed by atoms with Crippen LogP contribution in [0.25, 0.3) is 0 Å². The van der Waals surface area contributed by atoms with Gasteiger partial charge in [-0.15, -0.1) is 0 Å². The van der Waals surface area contributed by atoms with Crippen molar-refractivity contribution in [3.63, 3.8) is 0 Å². The summed E-state index contributed by atoms with van der Waals surface area (Å²) < 4.78 is 34.5. The molecule has 0 radical (unpaired) electrons. The molecule has 1 unspecified atom stereocenters. The van der Waals surface area contributed by atoms with Gasteiger partial charge in [-0.1, -0.05) is 0 Å². The molecule has 1 amide bonds. The summed E-state index contributed by atoms with van der Waals surface area (Å²) in [6.07, 6.45) is 3.47. The van der Waals surface area contributed by atoms with E-state index in [9.17, 15) is 17.4 Å². The Balaban J connectivity index is 2.68. The Morgan fingerprint density at radius 1 is 1.53 bits per heavy atom. The van der Waals surface area contributed by atoms with Gasteiger partial charge in [-0.05, 0) is 12.5 Å². The normalized spacial score (nSPS) is 13.2. The predicted molar refractivity (Wildman–Crippen MR) is 74.3 cm³/mol. The molecular formula is C10H15ClN2O4S2. The van der Waals surface area contributed by atoms with E-state index in [0.29, 0.717) is 18.7 Å². The van der Waals surface area contributed by atoms with Crippen LogP contribution in [0, 0.1) is 0 Å². The summed E-state index contributed by atoms with van der Waals surface area (Å²) in [5.41, 5.74) is 0.205. The van der Waals surface area contributed by atoms with E-state index in [1.54, 1.807) is 13.3 Å². The van der Waals surface area contributed by atoms with Crippen molar-refractivity contribution in [1.29, 1.82) is 0 Å². The number of hydrogen-bond acceptors (Lipinski definition) is 4. The molecule has 0 saturated heterocycles. The van der Waals surface area contributed by atoms with E-state index in [2.05, 4.69) is 5.32 Å². The molecule has 1 heterocycles.